The Kier molecular flexibility index (Phi) is 4.22. The van der Waals surface area contributed by atoms with E-state index in [9.17, 15) is 13.2 Å². The highest BCUT2D eigenvalue weighted by Crippen LogP contribution is 2.48. The summed E-state index contributed by atoms with van der Waals surface area (Å²) in [4.78, 5) is 1.83. The molecular weight excluding hydrogens is 241 g/mol. The molecule has 2 rings (SSSR count). The highest BCUT2D eigenvalue weighted by atomic mass is 19.4. The summed E-state index contributed by atoms with van der Waals surface area (Å²) in [5, 5.41) is 0. The van der Waals surface area contributed by atoms with Crippen molar-refractivity contribution in [2.24, 2.45) is 29.4 Å². The topological polar surface area (TPSA) is 29.3 Å². The zero-order chi connectivity index (χ0) is 13.3. The van der Waals surface area contributed by atoms with Gasteiger partial charge in [0, 0.05) is 19.6 Å². The molecule has 2 nitrogen and oxygen atoms in total. The SMILES string of the molecule is CN(CC1CC2CCC1C2)CC(CN)C(F)(F)F. The lowest BCUT2D eigenvalue weighted by Gasteiger charge is -2.30. The summed E-state index contributed by atoms with van der Waals surface area (Å²) in [5.41, 5.74) is 5.23. The van der Waals surface area contributed by atoms with Gasteiger partial charge in [-0.1, -0.05) is 6.42 Å². The summed E-state index contributed by atoms with van der Waals surface area (Å²) >= 11 is 0. The van der Waals surface area contributed by atoms with E-state index in [4.69, 9.17) is 5.73 Å². The second kappa shape index (κ2) is 5.37. The Labute approximate surface area is 107 Å². The van der Waals surface area contributed by atoms with Gasteiger partial charge in [0.25, 0.3) is 0 Å². The molecule has 2 fully saturated rings. The van der Waals surface area contributed by atoms with E-state index in [0.717, 1.165) is 18.4 Å². The second-order valence-corrected chi connectivity index (χ2v) is 6.13. The van der Waals surface area contributed by atoms with Crippen LogP contribution < -0.4 is 5.73 Å². The van der Waals surface area contributed by atoms with Gasteiger partial charge in [-0.2, -0.15) is 13.2 Å². The molecule has 4 atom stereocenters. The molecule has 0 amide bonds. The van der Waals surface area contributed by atoms with E-state index in [1.807, 2.05) is 4.90 Å². The minimum atomic E-state index is -4.17. The molecule has 0 radical (unpaired) electrons. The van der Waals surface area contributed by atoms with Crippen LogP contribution in [-0.4, -0.2) is 37.8 Å². The van der Waals surface area contributed by atoms with Crippen molar-refractivity contribution >= 4 is 0 Å². The highest BCUT2D eigenvalue weighted by molar-refractivity contribution is 4.91. The maximum Gasteiger partial charge on any atom is 0.394 e. The summed E-state index contributed by atoms with van der Waals surface area (Å²) < 4.78 is 37.9. The fourth-order valence-corrected chi connectivity index (χ4v) is 3.76. The van der Waals surface area contributed by atoms with Crippen molar-refractivity contribution < 1.29 is 13.2 Å². The molecule has 5 heteroatoms. The van der Waals surface area contributed by atoms with Crippen molar-refractivity contribution in [2.45, 2.75) is 31.9 Å². The van der Waals surface area contributed by atoms with Crippen LogP contribution in [0.15, 0.2) is 0 Å². The fourth-order valence-electron chi connectivity index (χ4n) is 3.76. The van der Waals surface area contributed by atoms with E-state index >= 15 is 0 Å². The first kappa shape index (κ1) is 14.1. The zero-order valence-electron chi connectivity index (χ0n) is 10.9. The minimum absolute atomic E-state index is 0.0356. The molecule has 2 aliphatic carbocycles. The molecule has 2 saturated carbocycles. The standard InChI is InChI=1S/C13H23F3N2/c1-18(8-12(6-17)13(14,15)16)7-11-5-9-2-3-10(11)4-9/h9-12H,2-8,17H2,1H3. The summed E-state index contributed by atoms with van der Waals surface area (Å²) in [6.07, 6.45) is 0.964. The average Bonchev–Trinajstić information content (AvgIpc) is 2.85. The van der Waals surface area contributed by atoms with Crippen LogP contribution in [0.1, 0.15) is 25.7 Å². The van der Waals surface area contributed by atoms with Crippen molar-refractivity contribution in [3.05, 3.63) is 0 Å². The minimum Gasteiger partial charge on any atom is -0.330 e. The zero-order valence-corrected chi connectivity index (χ0v) is 10.9. The van der Waals surface area contributed by atoms with Gasteiger partial charge in [0.2, 0.25) is 0 Å². The van der Waals surface area contributed by atoms with E-state index < -0.39 is 12.1 Å². The van der Waals surface area contributed by atoms with Crippen molar-refractivity contribution in [2.75, 3.05) is 26.7 Å². The molecule has 2 aliphatic rings. The lowest BCUT2D eigenvalue weighted by molar-refractivity contribution is -0.175. The molecule has 2 bridgehead atoms. The quantitative estimate of drug-likeness (QED) is 0.826. The Morgan fingerprint density at radius 1 is 1.28 bits per heavy atom. The van der Waals surface area contributed by atoms with Gasteiger partial charge in [-0.25, -0.2) is 0 Å². The van der Waals surface area contributed by atoms with E-state index in [1.54, 1.807) is 7.05 Å². The van der Waals surface area contributed by atoms with Gasteiger partial charge in [0.1, 0.15) is 0 Å². The summed E-state index contributed by atoms with van der Waals surface area (Å²) in [6.45, 7) is 0.520. The molecule has 0 aromatic carbocycles. The normalized spacial score (nSPS) is 33.3. The van der Waals surface area contributed by atoms with Gasteiger partial charge in [-0.05, 0) is 44.1 Å². The largest absolute Gasteiger partial charge is 0.394 e. The van der Waals surface area contributed by atoms with Crippen molar-refractivity contribution in [3.8, 4) is 0 Å². The molecule has 0 saturated heterocycles. The number of nitrogens with zero attached hydrogens (tertiary/aromatic N) is 1. The predicted octanol–water partition coefficient (Wildman–Crippen LogP) is 2.49. The molecule has 0 aliphatic heterocycles. The van der Waals surface area contributed by atoms with Gasteiger partial charge in [0.15, 0.2) is 0 Å². The summed E-state index contributed by atoms with van der Waals surface area (Å²) in [5.74, 6) is 0.836. The van der Waals surface area contributed by atoms with Gasteiger partial charge in [0.05, 0.1) is 5.92 Å². The van der Waals surface area contributed by atoms with E-state index in [-0.39, 0.29) is 13.1 Å². The van der Waals surface area contributed by atoms with E-state index in [2.05, 4.69) is 0 Å². The molecule has 0 heterocycles. The number of hydrogen-bond donors (Lipinski definition) is 1. The molecule has 0 aromatic rings. The highest BCUT2D eigenvalue weighted by Gasteiger charge is 2.42. The Bertz CT molecular complexity index is 280. The van der Waals surface area contributed by atoms with Gasteiger partial charge >= 0.3 is 6.18 Å². The molecule has 0 aromatic heterocycles. The van der Waals surface area contributed by atoms with Crippen LogP contribution in [0, 0.1) is 23.7 Å². The molecule has 2 N–H and O–H groups in total. The predicted molar refractivity (Wildman–Crippen MR) is 65.0 cm³/mol. The Morgan fingerprint density at radius 3 is 2.44 bits per heavy atom. The first-order valence-electron chi connectivity index (χ1n) is 6.85. The van der Waals surface area contributed by atoms with Crippen molar-refractivity contribution in [1.29, 1.82) is 0 Å². The van der Waals surface area contributed by atoms with Crippen LogP contribution in [-0.2, 0) is 0 Å². The third kappa shape index (κ3) is 3.18. The first-order valence-corrected chi connectivity index (χ1v) is 6.85. The third-order valence-electron chi connectivity index (χ3n) is 4.71. The Morgan fingerprint density at radius 2 is 2.00 bits per heavy atom. The first-order chi connectivity index (χ1) is 8.40. The Hall–Kier alpha value is -0.290. The van der Waals surface area contributed by atoms with Gasteiger partial charge in [-0.15, -0.1) is 0 Å². The van der Waals surface area contributed by atoms with E-state index in [0.29, 0.717) is 5.92 Å². The monoisotopic (exact) mass is 264 g/mol. The van der Waals surface area contributed by atoms with E-state index in [1.165, 1.54) is 25.7 Å². The number of fused-ring (bicyclic) bond motifs is 2. The summed E-state index contributed by atoms with van der Waals surface area (Å²) in [6, 6.07) is 0. The lowest BCUT2D eigenvalue weighted by Crippen LogP contribution is -2.41. The van der Waals surface area contributed by atoms with Crippen LogP contribution in [0.2, 0.25) is 0 Å². The summed E-state index contributed by atoms with van der Waals surface area (Å²) in [7, 11) is 1.79. The third-order valence-corrected chi connectivity index (χ3v) is 4.71. The van der Waals surface area contributed by atoms with Crippen LogP contribution in [0.3, 0.4) is 0 Å². The van der Waals surface area contributed by atoms with Crippen molar-refractivity contribution in [1.82, 2.24) is 4.90 Å². The molecular formula is C13H23F3N2. The molecule has 106 valence electrons. The average molecular weight is 264 g/mol. The van der Waals surface area contributed by atoms with Gasteiger partial charge in [-0.3, -0.25) is 0 Å². The number of hydrogen-bond acceptors (Lipinski definition) is 2. The molecule has 0 spiro atoms. The number of nitrogens with two attached hydrogens (primary N) is 1. The van der Waals surface area contributed by atoms with Gasteiger partial charge < -0.3 is 10.6 Å². The second-order valence-electron chi connectivity index (χ2n) is 6.13. The number of halogens is 3. The number of rotatable bonds is 5. The van der Waals surface area contributed by atoms with Crippen LogP contribution in [0.25, 0.3) is 0 Å². The molecule has 18 heavy (non-hydrogen) atoms. The lowest BCUT2D eigenvalue weighted by atomic mass is 9.88. The van der Waals surface area contributed by atoms with Crippen LogP contribution in [0.5, 0.6) is 0 Å². The fraction of sp³-hybridized carbons (Fsp3) is 1.00. The molecule has 4 unspecified atom stereocenters. The maximum absolute atomic E-state index is 12.6. The van der Waals surface area contributed by atoms with Crippen molar-refractivity contribution in [3.63, 3.8) is 0 Å². The maximum atomic E-state index is 12.6. The smallest absolute Gasteiger partial charge is 0.330 e. The Balaban J connectivity index is 1.79. The van der Waals surface area contributed by atoms with Crippen LogP contribution in [0.4, 0.5) is 13.2 Å². The van der Waals surface area contributed by atoms with Crippen LogP contribution >= 0.6 is 0 Å². The number of alkyl halides is 3.